The highest BCUT2D eigenvalue weighted by molar-refractivity contribution is 5.26. The molecule has 0 spiro atoms. The summed E-state index contributed by atoms with van der Waals surface area (Å²) in [5.41, 5.74) is 2.84. The predicted molar refractivity (Wildman–Crippen MR) is 80.5 cm³/mol. The van der Waals surface area contributed by atoms with Gasteiger partial charge in [-0.1, -0.05) is 37.1 Å². The van der Waals surface area contributed by atoms with Crippen molar-refractivity contribution < 1.29 is 4.74 Å². The number of nitrogens with one attached hydrogen (secondary N) is 1. The number of benzene rings is 1. The van der Waals surface area contributed by atoms with E-state index in [9.17, 15) is 0 Å². The SMILES string of the molecule is COC1CCCCC1NC(C)Cc1ccccc1C. The van der Waals surface area contributed by atoms with Gasteiger partial charge in [-0.3, -0.25) is 0 Å². The summed E-state index contributed by atoms with van der Waals surface area (Å²) in [6.07, 6.45) is 6.58. The molecule has 1 fully saturated rings. The van der Waals surface area contributed by atoms with Crippen molar-refractivity contribution in [3.8, 4) is 0 Å². The zero-order chi connectivity index (χ0) is 13.7. The molecule has 1 aromatic rings. The van der Waals surface area contributed by atoms with Crippen LogP contribution in [0.2, 0.25) is 0 Å². The first-order chi connectivity index (χ1) is 9.20. The fourth-order valence-electron chi connectivity index (χ4n) is 3.16. The van der Waals surface area contributed by atoms with Gasteiger partial charge in [-0.2, -0.15) is 0 Å². The van der Waals surface area contributed by atoms with E-state index in [-0.39, 0.29) is 0 Å². The van der Waals surface area contributed by atoms with Crippen LogP contribution in [0.25, 0.3) is 0 Å². The summed E-state index contributed by atoms with van der Waals surface area (Å²) < 4.78 is 5.62. The third-order valence-corrected chi connectivity index (χ3v) is 4.29. The molecule has 0 bridgehead atoms. The lowest BCUT2D eigenvalue weighted by Crippen LogP contribution is -2.47. The van der Waals surface area contributed by atoms with Crippen molar-refractivity contribution in [1.82, 2.24) is 5.32 Å². The Morgan fingerprint density at radius 2 is 2.00 bits per heavy atom. The Morgan fingerprint density at radius 1 is 1.26 bits per heavy atom. The highest BCUT2D eigenvalue weighted by atomic mass is 16.5. The van der Waals surface area contributed by atoms with E-state index in [1.54, 1.807) is 0 Å². The number of ether oxygens (including phenoxy) is 1. The molecule has 0 saturated heterocycles. The monoisotopic (exact) mass is 261 g/mol. The normalized spacial score (nSPS) is 25.2. The van der Waals surface area contributed by atoms with Crippen LogP contribution >= 0.6 is 0 Å². The molecule has 3 unspecified atom stereocenters. The Hall–Kier alpha value is -0.860. The second-order valence-electron chi connectivity index (χ2n) is 5.86. The molecule has 2 nitrogen and oxygen atoms in total. The first kappa shape index (κ1) is 14.5. The van der Waals surface area contributed by atoms with Crippen LogP contribution in [0.1, 0.15) is 43.7 Å². The van der Waals surface area contributed by atoms with Crippen LogP contribution in [0.5, 0.6) is 0 Å². The molecule has 0 heterocycles. The van der Waals surface area contributed by atoms with Crippen LogP contribution < -0.4 is 5.32 Å². The minimum absolute atomic E-state index is 0.396. The fourth-order valence-corrected chi connectivity index (χ4v) is 3.16. The molecule has 3 atom stereocenters. The van der Waals surface area contributed by atoms with Crippen molar-refractivity contribution in [3.63, 3.8) is 0 Å². The Balaban J connectivity index is 1.90. The minimum atomic E-state index is 0.396. The van der Waals surface area contributed by atoms with Gasteiger partial charge in [0.1, 0.15) is 0 Å². The molecular weight excluding hydrogens is 234 g/mol. The van der Waals surface area contributed by atoms with Gasteiger partial charge in [0.25, 0.3) is 0 Å². The zero-order valence-electron chi connectivity index (χ0n) is 12.5. The number of methoxy groups -OCH3 is 1. The average Bonchev–Trinajstić information content (AvgIpc) is 2.42. The highest BCUT2D eigenvalue weighted by Crippen LogP contribution is 2.21. The van der Waals surface area contributed by atoms with E-state index in [1.165, 1.54) is 36.8 Å². The highest BCUT2D eigenvalue weighted by Gasteiger charge is 2.25. The first-order valence-electron chi connectivity index (χ1n) is 7.54. The van der Waals surface area contributed by atoms with Gasteiger partial charge < -0.3 is 10.1 Å². The number of hydrogen-bond donors (Lipinski definition) is 1. The quantitative estimate of drug-likeness (QED) is 0.876. The Morgan fingerprint density at radius 3 is 2.74 bits per heavy atom. The van der Waals surface area contributed by atoms with Gasteiger partial charge >= 0.3 is 0 Å². The molecule has 106 valence electrons. The first-order valence-corrected chi connectivity index (χ1v) is 7.54. The van der Waals surface area contributed by atoms with E-state index < -0.39 is 0 Å². The standard InChI is InChI=1S/C17H27NO/c1-13-8-4-5-9-15(13)12-14(2)18-16-10-6-7-11-17(16)19-3/h4-5,8-9,14,16-18H,6-7,10-12H2,1-3H3. The molecule has 19 heavy (non-hydrogen) atoms. The van der Waals surface area contributed by atoms with E-state index in [2.05, 4.69) is 43.4 Å². The molecule has 2 heteroatoms. The summed E-state index contributed by atoms with van der Waals surface area (Å²) in [5, 5.41) is 3.77. The summed E-state index contributed by atoms with van der Waals surface area (Å²) in [7, 11) is 1.84. The lowest BCUT2D eigenvalue weighted by molar-refractivity contribution is 0.0384. The number of hydrogen-bond acceptors (Lipinski definition) is 2. The van der Waals surface area contributed by atoms with Crippen LogP contribution in [0.15, 0.2) is 24.3 Å². The summed E-state index contributed by atoms with van der Waals surface area (Å²) in [6.45, 7) is 4.48. The molecule has 1 N–H and O–H groups in total. The second-order valence-corrected chi connectivity index (χ2v) is 5.86. The molecule has 1 saturated carbocycles. The number of rotatable bonds is 5. The van der Waals surface area contributed by atoms with Gasteiger partial charge in [-0.15, -0.1) is 0 Å². The van der Waals surface area contributed by atoms with Gasteiger partial charge in [0.2, 0.25) is 0 Å². The van der Waals surface area contributed by atoms with Gasteiger partial charge in [0.15, 0.2) is 0 Å². The molecule has 1 aliphatic rings. The lowest BCUT2D eigenvalue weighted by Gasteiger charge is -2.33. The maximum absolute atomic E-state index is 5.62. The number of aryl methyl sites for hydroxylation is 1. The van der Waals surface area contributed by atoms with Crippen molar-refractivity contribution in [1.29, 1.82) is 0 Å². The van der Waals surface area contributed by atoms with E-state index in [0.717, 1.165) is 6.42 Å². The maximum Gasteiger partial charge on any atom is 0.0724 e. The topological polar surface area (TPSA) is 21.3 Å². The Bertz CT molecular complexity index is 391. The molecule has 1 aromatic carbocycles. The van der Waals surface area contributed by atoms with E-state index in [0.29, 0.717) is 18.2 Å². The van der Waals surface area contributed by atoms with Crippen LogP contribution in [0.4, 0.5) is 0 Å². The molecule has 0 radical (unpaired) electrons. The largest absolute Gasteiger partial charge is 0.380 e. The summed E-state index contributed by atoms with van der Waals surface area (Å²) in [4.78, 5) is 0. The predicted octanol–water partition coefficient (Wildman–Crippen LogP) is 3.47. The van der Waals surface area contributed by atoms with Crippen LogP contribution in [0, 0.1) is 6.92 Å². The third kappa shape index (κ3) is 4.05. The van der Waals surface area contributed by atoms with Gasteiger partial charge in [0.05, 0.1) is 6.10 Å². The summed E-state index contributed by atoms with van der Waals surface area (Å²) in [5.74, 6) is 0. The maximum atomic E-state index is 5.62. The third-order valence-electron chi connectivity index (χ3n) is 4.29. The van der Waals surface area contributed by atoms with Crippen molar-refractivity contribution in [2.24, 2.45) is 0 Å². The van der Waals surface area contributed by atoms with Crippen LogP contribution in [-0.2, 0) is 11.2 Å². The summed E-state index contributed by atoms with van der Waals surface area (Å²) >= 11 is 0. The van der Waals surface area contributed by atoms with Crippen LogP contribution in [0.3, 0.4) is 0 Å². The van der Waals surface area contributed by atoms with Crippen molar-refractivity contribution in [2.45, 2.75) is 64.1 Å². The van der Waals surface area contributed by atoms with E-state index in [4.69, 9.17) is 4.74 Å². The van der Waals surface area contributed by atoms with Crippen molar-refractivity contribution >= 4 is 0 Å². The molecule has 2 rings (SSSR count). The zero-order valence-corrected chi connectivity index (χ0v) is 12.5. The van der Waals surface area contributed by atoms with Gasteiger partial charge in [-0.05, 0) is 44.2 Å². The molecule has 0 aliphatic heterocycles. The molecular formula is C17H27NO. The second kappa shape index (κ2) is 7.06. The van der Waals surface area contributed by atoms with E-state index >= 15 is 0 Å². The smallest absolute Gasteiger partial charge is 0.0724 e. The van der Waals surface area contributed by atoms with Crippen LogP contribution in [-0.4, -0.2) is 25.3 Å². The van der Waals surface area contributed by atoms with Gasteiger partial charge in [-0.25, -0.2) is 0 Å². The lowest BCUT2D eigenvalue weighted by atomic mass is 9.91. The molecule has 1 aliphatic carbocycles. The Labute approximate surface area is 117 Å². The van der Waals surface area contributed by atoms with Gasteiger partial charge in [0, 0.05) is 19.2 Å². The Kier molecular flexibility index (Phi) is 5.41. The van der Waals surface area contributed by atoms with E-state index in [1.807, 2.05) is 7.11 Å². The van der Waals surface area contributed by atoms with Crippen molar-refractivity contribution in [3.05, 3.63) is 35.4 Å². The minimum Gasteiger partial charge on any atom is -0.380 e. The fraction of sp³-hybridized carbons (Fsp3) is 0.647. The van der Waals surface area contributed by atoms with Crippen molar-refractivity contribution in [2.75, 3.05) is 7.11 Å². The summed E-state index contributed by atoms with van der Waals surface area (Å²) in [6, 6.07) is 9.70. The molecule has 0 aromatic heterocycles. The molecule has 0 amide bonds. The average molecular weight is 261 g/mol.